The van der Waals surface area contributed by atoms with Crippen LogP contribution < -0.4 is 16.0 Å². The monoisotopic (exact) mass is 415 g/mol. The summed E-state index contributed by atoms with van der Waals surface area (Å²) >= 11 is 0. The van der Waals surface area contributed by atoms with Crippen LogP contribution in [-0.4, -0.2) is 31.4 Å². The minimum absolute atomic E-state index is 0. The van der Waals surface area contributed by atoms with Crippen molar-refractivity contribution in [3.63, 3.8) is 0 Å². The number of hydrogen-bond acceptors (Lipinski definition) is 3. The van der Waals surface area contributed by atoms with Gasteiger partial charge in [-0.05, 0) is 74.5 Å². The molecule has 1 saturated heterocycles. The summed E-state index contributed by atoms with van der Waals surface area (Å²) in [6.45, 7) is 2.71. The Morgan fingerprint density at radius 1 is 0.966 bits per heavy atom. The summed E-state index contributed by atoms with van der Waals surface area (Å²) in [7, 11) is 0. The number of benzene rings is 2. The fourth-order valence-corrected chi connectivity index (χ4v) is 3.50. The third kappa shape index (κ3) is 7.87. The van der Waals surface area contributed by atoms with E-state index >= 15 is 0 Å². The molecule has 1 heterocycles. The lowest BCUT2D eigenvalue weighted by atomic mass is 9.93. The number of rotatable bonds is 8. The molecule has 0 spiro atoms. The number of hydrogen-bond donors (Lipinski definition) is 3. The van der Waals surface area contributed by atoms with Crippen LogP contribution in [0.3, 0.4) is 0 Å². The van der Waals surface area contributed by atoms with E-state index in [2.05, 4.69) is 28.1 Å². The van der Waals surface area contributed by atoms with Crippen LogP contribution in [0.2, 0.25) is 0 Å². The summed E-state index contributed by atoms with van der Waals surface area (Å²) in [5, 5.41) is 9.20. The van der Waals surface area contributed by atoms with Gasteiger partial charge >= 0.3 is 0 Å². The highest BCUT2D eigenvalue weighted by atomic mass is 35.5. The summed E-state index contributed by atoms with van der Waals surface area (Å²) < 4.78 is 0. The molecule has 1 aliphatic heterocycles. The Bertz CT molecular complexity index is 759. The van der Waals surface area contributed by atoms with Crippen molar-refractivity contribution in [1.29, 1.82) is 0 Å². The smallest absolute Gasteiger partial charge is 0.251 e. The quantitative estimate of drug-likeness (QED) is 0.614. The first-order chi connectivity index (χ1) is 13.7. The Morgan fingerprint density at radius 2 is 1.66 bits per heavy atom. The van der Waals surface area contributed by atoms with Gasteiger partial charge in [-0.1, -0.05) is 30.3 Å². The maximum Gasteiger partial charge on any atom is 0.251 e. The molecule has 0 aromatic heterocycles. The summed E-state index contributed by atoms with van der Waals surface area (Å²) in [5.74, 6) is 0.590. The molecule has 5 nitrogen and oxygen atoms in total. The number of halogens is 1. The first kappa shape index (κ1) is 22.9. The fraction of sp³-hybridized carbons (Fsp3) is 0.391. The van der Waals surface area contributed by atoms with Crippen molar-refractivity contribution >= 4 is 29.9 Å². The van der Waals surface area contributed by atoms with Gasteiger partial charge in [0, 0.05) is 24.2 Å². The van der Waals surface area contributed by atoms with E-state index in [0.717, 1.165) is 44.5 Å². The van der Waals surface area contributed by atoms with Crippen molar-refractivity contribution < 1.29 is 9.59 Å². The van der Waals surface area contributed by atoms with Crippen molar-refractivity contribution in [2.75, 3.05) is 25.0 Å². The van der Waals surface area contributed by atoms with Gasteiger partial charge in [-0.15, -0.1) is 12.4 Å². The van der Waals surface area contributed by atoms with E-state index in [1.54, 1.807) is 24.3 Å². The van der Waals surface area contributed by atoms with Crippen LogP contribution in [0, 0.1) is 5.92 Å². The lowest BCUT2D eigenvalue weighted by molar-refractivity contribution is -0.116. The number of carbonyl (C=O) groups excluding carboxylic acids is 2. The second-order valence-electron chi connectivity index (χ2n) is 7.35. The Labute approximate surface area is 179 Å². The van der Waals surface area contributed by atoms with E-state index in [9.17, 15) is 9.59 Å². The molecule has 2 aromatic rings. The summed E-state index contributed by atoms with van der Waals surface area (Å²) in [6.07, 6.45) is 4.60. The second kappa shape index (κ2) is 12.2. The highest BCUT2D eigenvalue weighted by molar-refractivity contribution is 5.95. The lowest BCUT2D eigenvalue weighted by Gasteiger charge is -2.22. The van der Waals surface area contributed by atoms with E-state index in [0.29, 0.717) is 24.4 Å². The molecule has 1 aliphatic rings. The molecule has 0 atom stereocenters. The summed E-state index contributed by atoms with van der Waals surface area (Å²) in [4.78, 5) is 24.4. The van der Waals surface area contributed by atoms with Gasteiger partial charge in [0.2, 0.25) is 5.91 Å². The Balaban J connectivity index is 0.00000300. The molecule has 0 unspecified atom stereocenters. The molecule has 0 radical (unpaired) electrons. The molecular weight excluding hydrogens is 386 g/mol. The van der Waals surface area contributed by atoms with Crippen LogP contribution in [0.4, 0.5) is 5.69 Å². The van der Waals surface area contributed by atoms with Crippen molar-refractivity contribution in [3.8, 4) is 0 Å². The zero-order valence-electron chi connectivity index (χ0n) is 16.7. The Morgan fingerprint density at radius 3 is 2.34 bits per heavy atom. The molecule has 1 fully saturated rings. The van der Waals surface area contributed by atoms with Gasteiger partial charge in [-0.25, -0.2) is 0 Å². The number of amides is 2. The van der Waals surface area contributed by atoms with Crippen LogP contribution in [0.15, 0.2) is 54.6 Å². The van der Waals surface area contributed by atoms with Crippen LogP contribution in [-0.2, 0) is 11.2 Å². The van der Waals surface area contributed by atoms with E-state index in [1.165, 1.54) is 5.56 Å². The van der Waals surface area contributed by atoms with E-state index < -0.39 is 0 Å². The number of anilines is 1. The maximum atomic E-state index is 12.2. The first-order valence-electron chi connectivity index (χ1n) is 10.1. The largest absolute Gasteiger partial charge is 0.352 e. The lowest BCUT2D eigenvalue weighted by Crippen LogP contribution is -2.28. The highest BCUT2D eigenvalue weighted by Gasteiger charge is 2.14. The van der Waals surface area contributed by atoms with Gasteiger partial charge in [0.25, 0.3) is 5.91 Å². The first-order valence-corrected chi connectivity index (χ1v) is 10.1. The predicted molar refractivity (Wildman–Crippen MR) is 120 cm³/mol. The van der Waals surface area contributed by atoms with Gasteiger partial charge in [0.05, 0.1) is 0 Å². The van der Waals surface area contributed by atoms with Crippen LogP contribution in [0.25, 0.3) is 0 Å². The minimum Gasteiger partial charge on any atom is -0.352 e. The average molecular weight is 416 g/mol. The number of nitrogens with one attached hydrogen (secondary N) is 3. The molecule has 6 heteroatoms. The SMILES string of the molecule is Cl.O=C(CCC1CCNCC1)Nc1ccc(C(=O)NCCc2ccccc2)cc1. The topological polar surface area (TPSA) is 70.2 Å². The molecule has 156 valence electrons. The molecule has 2 aromatic carbocycles. The Kier molecular flexibility index (Phi) is 9.68. The van der Waals surface area contributed by atoms with Gasteiger partial charge in [0.1, 0.15) is 0 Å². The van der Waals surface area contributed by atoms with Gasteiger partial charge < -0.3 is 16.0 Å². The minimum atomic E-state index is -0.0975. The fourth-order valence-electron chi connectivity index (χ4n) is 3.50. The van der Waals surface area contributed by atoms with Crippen molar-refractivity contribution in [1.82, 2.24) is 10.6 Å². The van der Waals surface area contributed by atoms with E-state index in [1.807, 2.05) is 18.2 Å². The molecule has 2 amide bonds. The third-order valence-electron chi connectivity index (χ3n) is 5.21. The van der Waals surface area contributed by atoms with Gasteiger partial charge in [-0.3, -0.25) is 9.59 Å². The van der Waals surface area contributed by atoms with E-state index in [-0.39, 0.29) is 24.2 Å². The molecule has 29 heavy (non-hydrogen) atoms. The number of carbonyl (C=O) groups is 2. The average Bonchev–Trinajstić information content (AvgIpc) is 2.74. The van der Waals surface area contributed by atoms with Crippen molar-refractivity contribution in [3.05, 3.63) is 65.7 Å². The van der Waals surface area contributed by atoms with Gasteiger partial charge in [-0.2, -0.15) is 0 Å². The highest BCUT2D eigenvalue weighted by Crippen LogP contribution is 2.18. The van der Waals surface area contributed by atoms with Crippen LogP contribution in [0.1, 0.15) is 41.6 Å². The molecule has 0 bridgehead atoms. The zero-order chi connectivity index (χ0) is 19.6. The van der Waals surface area contributed by atoms with E-state index in [4.69, 9.17) is 0 Å². The predicted octanol–water partition coefficient (Wildman–Crippen LogP) is 3.80. The maximum absolute atomic E-state index is 12.2. The summed E-state index contributed by atoms with van der Waals surface area (Å²) in [6, 6.07) is 17.1. The van der Waals surface area contributed by atoms with Gasteiger partial charge in [0.15, 0.2) is 0 Å². The normalized spacial score (nSPS) is 13.9. The molecule has 0 aliphatic carbocycles. The Hall–Kier alpha value is -2.37. The molecule has 3 rings (SSSR count). The standard InChI is InChI=1S/C23H29N3O2.ClH/c27-22(11-6-19-12-15-24-16-13-19)26-21-9-7-20(8-10-21)23(28)25-17-14-18-4-2-1-3-5-18;/h1-5,7-10,19,24H,6,11-17H2,(H,25,28)(H,26,27);1H. The van der Waals surface area contributed by atoms with Crippen LogP contribution in [0.5, 0.6) is 0 Å². The molecular formula is C23H30ClN3O2. The molecule has 0 saturated carbocycles. The molecule has 3 N–H and O–H groups in total. The second-order valence-corrected chi connectivity index (χ2v) is 7.35. The summed E-state index contributed by atoms with van der Waals surface area (Å²) in [5.41, 5.74) is 2.53. The van der Waals surface area contributed by atoms with Crippen LogP contribution >= 0.6 is 12.4 Å². The zero-order valence-corrected chi connectivity index (χ0v) is 17.5. The van der Waals surface area contributed by atoms with Crippen molar-refractivity contribution in [2.45, 2.75) is 32.1 Å². The van der Waals surface area contributed by atoms with Crippen molar-refractivity contribution in [2.24, 2.45) is 5.92 Å². The third-order valence-corrected chi connectivity index (χ3v) is 5.21. The number of piperidine rings is 1.